The Morgan fingerprint density at radius 3 is 2.45 bits per heavy atom. The van der Waals surface area contributed by atoms with E-state index in [-0.39, 0.29) is 24.8 Å². The quantitative estimate of drug-likeness (QED) is 0.612. The largest absolute Gasteiger partial charge is 0.366 e. The van der Waals surface area contributed by atoms with Crippen molar-refractivity contribution in [2.45, 2.75) is 25.7 Å². The van der Waals surface area contributed by atoms with Crippen LogP contribution in [0.2, 0.25) is 0 Å². The standard InChI is InChI=1S/C7H11F2NO/c1-5(7(10)11)3-2-4-6(8)9/h6H,1-4H2,(H2,10,11). The Balaban J connectivity index is 3.40. The molecule has 0 saturated carbocycles. The minimum Gasteiger partial charge on any atom is -0.366 e. The van der Waals surface area contributed by atoms with Crippen molar-refractivity contribution in [3.8, 4) is 0 Å². The fourth-order valence-electron chi connectivity index (χ4n) is 0.593. The summed E-state index contributed by atoms with van der Waals surface area (Å²) >= 11 is 0. The van der Waals surface area contributed by atoms with Gasteiger partial charge in [-0.2, -0.15) is 0 Å². The van der Waals surface area contributed by atoms with E-state index in [2.05, 4.69) is 6.58 Å². The van der Waals surface area contributed by atoms with Crippen LogP contribution in [0.4, 0.5) is 8.78 Å². The molecule has 0 aromatic heterocycles. The minimum atomic E-state index is -2.31. The summed E-state index contributed by atoms with van der Waals surface area (Å²) in [6, 6.07) is 0. The highest BCUT2D eigenvalue weighted by molar-refractivity contribution is 5.91. The first-order chi connectivity index (χ1) is 5.04. The molecule has 0 spiro atoms. The molecule has 0 rings (SSSR count). The molecule has 0 fully saturated rings. The van der Waals surface area contributed by atoms with E-state index in [0.29, 0.717) is 0 Å². The summed E-state index contributed by atoms with van der Waals surface area (Å²) in [6.45, 7) is 3.33. The van der Waals surface area contributed by atoms with E-state index in [1.54, 1.807) is 0 Å². The normalized spacial score (nSPS) is 10.1. The Morgan fingerprint density at radius 2 is 2.09 bits per heavy atom. The van der Waals surface area contributed by atoms with Crippen molar-refractivity contribution >= 4 is 5.91 Å². The van der Waals surface area contributed by atoms with Gasteiger partial charge in [0.1, 0.15) is 0 Å². The third-order valence-corrected chi connectivity index (χ3v) is 1.25. The summed E-state index contributed by atoms with van der Waals surface area (Å²) < 4.78 is 23.1. The molecular formula is C7H11F2NO. The first-order valence-corrected chi connectivity index (χ1v) is 3.29. The summed E-state index contributed by atoms with van der Waals surface area (Å²) in [5.41, 5.74) is 5.04. The van der Waals surface area contributed by atoms with Crippen molar-refractivity contribution in [2.75, 3.05) is 0 Å². The van der Waals surface area contributed by atoms with Gasteiger partial charge in [0.05, 0.1) is 0 Å². The molecule has 0 atom stereocenters. The molecule has 0 aromatic rings. The van der Waals surface area contributed by atoms with Crippen molar-refractivity contribution in [1.82, 2.24) is 0 Å². The molecule has 0 unspecified atom stereocenters. The number of carbonyl (C=O) groups excluding carboxylic acids is 1. The monoisotopic (exact) mass is 163 g/mol. The van der Waals surface area contributed by atoms with Crippen LogP contribution in [-0.2, 0) is 4.79 Å². The Bertz CT molecular complexity index is 157. The first-order valence-electron chi connectivity index (χ1n) is 3.29. The van der Waals surface area contributed by atoms with E-state index in [0.717, 1.165) is 0 Å². The van der Waals surface area contributed by atoms with Gasteiger partial charge in [0.2, 0.25) is 12.3 Å². The van der Waals surface area contributed by atoms with Crippen LogP contribution in [0.1, 0.15) is 19.3 Å². The maximum absolute atomic E-state index is 11.5. The zero-order chi connectivity index (χ0) is 8.85. The zero-order valence-electron chi connectivity index (χ0n) is 6.15. The molecular weight excluding hydrogens is 152 g/mol. The number of hydrogen-bond acceptors (Lipinski definition) is 1. The van der Waals surface area contributed by atoms with Crippen molar-refractivity contribution in [3.05, 3.63) is 12.2 Å². The summed E-state index contributed by atoms with van der Waals surface area (Å²) in [5, 5.41) is 0. The van der Waals surface area contributed by atoms with E-state index in [9.17, 15) is 13.6 Å². The van der Waals surface area contributed by atoms with Gasteiger partial charge in [0.25, 0.3) is 0 Å². The smallest absolute Gasteiger partial charge is 0.244 e. The van der Waals surface area contributed by atoms with E-state index in [1.807, 2.05) is 0 Å². The number of carbonyl (C=O) groups is 1. The van der Waals surface area contributed by atoms with E-state index < -0.39 is 12.3 Å². The molecule has 4 heteroatoms. The lowest BCUT2D eigenvalue weighted by atomic mass is 10.1. The summed E-state index contributed by atoms with van der Waals surface area (Å²) in [4.78, 5) is 10.3. The molecule has 64 valence electrons. The van der Waals surface area contributed by atoms with E-state index in [1.165, 1.54) is 0 Å². The first kappa shape index (κ1) is 10.1. The molecule has 11 heavy (non-hydrogen) atoms. The summed E-state index contributed by atoms with van der Waals surface area (Å²) in [6.07, 6.45) is -1.98. The lowest BCUT2D eigenvalue weighted by Crippen LogP contribution is -2.13. The average molecular weight is 163 g/mol. The molecule has 0 aliphatic heterocycles. The Morgan fingerprint density at radius 1 is 1.55 bits per heavy atom. The predicted molar refractivity (Wildman–Crippen MR) is 38.2 cm³/mol. The molecule has 2 N–H and O–H groups in total. The lowest BCUT2D eigenvalue weighted by molar-refractivity contribution is -0.114. The van der Waals surface area contributed by atoms with Crippen LogP contribution in [0, 0.1) is 0 Å². The molecule has 0 heterocycles. The minimum absolute atomic E-state index is 0.202. The van der Waals surface area contributed by atoms with Crippen molar-refractivity contribution in [1.29, 1.82) is 0 Å². The molecule has 1 amide bonds. The maximum Gasteiger partial charge on any atom is 0.244 e. The fourth-order valence-corrected chi connectivity index (χ4v) is 0.593. The SMILES string of the molecule is C=C(CCCC(F)F)C(N)=O. The molecule has 0 bridgehead atoms. The number of amides is 1. The highest BCUT2D eigenvalue weighted by Crippen LogP contribution is 2.09. The van der Waals surface area contributed by atoms with Gasteiger partial charge in [0.15, 0.2) is 0 Å². The van der Waals surface area contributed by atoms with E-state index in [4.69, 9.17) is 5.73 Å². The average Bonchev–Trinajstić information content (AvgIpc) is 1.86. The van der Waals surface area contributed by atoms with Gasteiger partial charge in [-0.3, -0.25) is 4.79 Å². The number of rotatable bonds is 5. The van der Waals surface area contributed by atoms with Crippen LogP contribution in [-0.4, -0.2) is 12.3 Å². The third kappa shape index (κ3) is 5.51. The number of nitrogens with two attached hydrogens (primary N) is 1. The molecule has 0 aliphatic carbocycles. The maximum atomic E-state index is 11.5. The van der Waals surface area contributed by atoms with Crippen LogP contribution in [0.25, 0.3) is 0 Å². The molecule has 2 nitrogen and oxygen atoms in total. The number of primary amides is 1. The topological polar surface area (TPSA) is 43.1 Å². The Kier molecular flexibility index (Phi) is 4.41. The molecule has 0 aromatic carbocycles. The second-order valence-electron chi connectivity index (χ2n) is 2.25. The van der Waals surface area contributed by atoms with Gasteiger partial charge in [-0.1, -0.05) is 6.58 Å². The van der Waals surface area contributed by atoms with Gasteiger partial charge < -0.3 is 5.73 Å². The highest BCUT2D eigenvalue weighted by Gasteiger charge is 2.04. The van der Waals surface area contributed by atoms with E-state index >= 15 is 0 Å². The Hall–Kier alpha value is -0.930. The molecule has 0 radical (unpaired) electrons. The number of alkyl halides is 2. The van der Waals surface area contributed by atoms with Gasteiger partial charge in [0, 0.05) is 12.0 Å². The van der Waals surface area contributed by atoms with Crippen molar-refractivity contribution < 1.29 is 13.6 Å². The number of hydrogen-bond donors (Lipinski definition) is 1. The zero-order valence-corrected chi connectivity index (χ0v) is 6.15. The third-order valence-electron chi connectivity index (χ3n) is 1.25. The second-order valence-corrected chi connectivity index (χ2v) is 2.25. The van der Waals surface area contributed by atoms with Crippen LogP contribution < -0.4 is 5.73 Å². The molecule has 0 saturated heterocycles. The number of halogens is 2. The molecule has 0 aliphatic rings. The van der Waals surface area contributed by atoms with Crippen LogP contribution in [0.5, 0.6) is 0 Å². The van der Waals surface area contributed by atoms with Crippen molar-refractivity contribution in [3.63, 3.8) is 0 Å². The van der Waals surface area contributed by atoms with Gasteiger partial charge in [-0.25, -0.2) is 8.78 Å². The van der Waals surface area contributed by atoms with Gasteiger partial charge >= 0.3 is 0 Å². The Labute approximate surface area is 64.1 Å². The van der Waals surface area contributed by atoms with Crippen LogP contribution in [0.15, 0.2) is 12.2 Å². The predicted octanol–water partition coefficient (Wildman–Crippen LogP) is 1.46. The summed E-state index contributed by atoms with van der Waals surface area (Å²) in [5.74, 6) is -0.612. The summed E-state index contributed by atoms with van der Waals surface area (Å²) in [7, 11) is 0. The lowest BCUT2D eigenvalue weighted by Gasteiger charge is -1.99. The van der Waals surface area contributed by atoms with Crippen molar-refractivity contribution in [2.24, 2.45) is 5.73 Å². The second kappa shape index (κ2) is 4.82. The van der Waals surface area contributed by atoms with Gasteiger partial charge in [-0.15, -0.1) is 0 Å². The van der Waals surface area contributed by atoms with Gasteiger partial charge in [-0.05, 0) is 12.8 Å². The fraction of sp³-hybridized carbons (Fsp3) is 0.571. The highest BCUT2D eigenvalue weighted by atomic mass is 19.3. The van der Waals surface area contributed by atoms with Crippen LogP contribution >= 0.6 is 0 Å². The van der Waals surface area contributed by atoms with Crippen LogP contribution in [0.3, 0.4) is 0 Å².